The second kappa shape index (κ2) is 4.52. The van der Waals surface area contributed by atoms with Gasteiger partial charge in [0.1, 0.15) is 6.61 Å². The molecule has 0 unspecified atom stereocenters. The lowest BCUT2D eigenvalue weighted by Gasteiger charge is -2.12. The molecule has 0 saturated heterocycles. The van der Waals surface area contributed by atoms with Gasteiger partial charge in [-0.3, -0.25) is 14.5 Å². The molecule has 0 fully saturated rings. The van der Waals surface area contributed by atoms with Crippen LogP contribution in [0.4, 0.5) is 0 Å². The van der Waals surface area contributed by atoms with Gasteiger partial charge in [0, 0.05) is 12.2 Å². The van der Waals surface area contributed by atoms with E-state index in [1.807, 2.05) is 0 Å². The second-order valence-corrected chi connectivity index (χ2v) is 2.61. The van der Waals surface area contributed by atoms with Crippen LogP contribution in [0, 0.1) is 0 Å². The zero-order chi connectivity index (χ0) is 10.6. The Kier molecular flexibility index (Phi) is 3.35. The number of amides is 2. The molecule has 0 aromatic rings. The highest BCUT2D eigenvalue weighted by Gasteiger charge is 2.22. The van der Waals surface area contributed by atoms with Crippen LogP contribution in [0.25, 0.3) is 0 Å². The summed E-state index contributed by atoms with van der Waals surface area (Å²) in [4.78, 5) is 32.9. The summed E-state index contributed by atoms with van der Waals surface area (Å²) >= 11 is 0. The van der Waals surface area contributed by atoms with E-state index in [1.54, 1.807) is 0 Å². The minimum Gasteiger partial charge on any atom is -0.480 e. The van der Waals surface area contributed by atoms with Crippen LogP contribution < -0.4 is 0 Å². The molecular formula is C8H9NO5. The van der Waals surface area contributed by atoms with Crippen LogP contribution in [0.3, 0.4) is 0 Å². The number of hydrogen-bond donors (Lipinski definition) is 1. The Hall–Kier alpha value is -1.69. The van der Waals surface area contributed by atoms with Gasteiger partial charge in [-0.1, -0.05) is 0 Å². The van der Waals surface area contributed by atoms with Crippen LogP contribution in [0.5, 0.6) is 0 Å². The van der Waals surface area contributed by atoms with Crippen molar-refractivity contribution in [2.24, 2.45) is 0 Å². The third kappa shape index (κ3) is 2.67. The molecule has 0 radical (unpaired) electrons. The van der Waals surface area contributed by atoms with Gasteiger partial charge in [0.2, 0.25) is 0 Å². The molecule has 2 amide bonds. The molecule has 0 aromatic carbocycles. The largest absolute Gasteiger partial charge is 0.480 e. The van der Waals surface area contributed by atoms with Crippen LogP contribution >= 0.6 is 0 Å². The van der Waals surface area contributed by atoms with E-state index in [0.717, 1.165) is 4.90 Å². The van der Waals surface area contributed by atoms with Gasteiger partial charge in [0.15, 0.2) is 0 Å². The Labute approximate surface area is 79.8 Å². The van der Waals surface area contributed by atoms with E-state index >= 15 is 0 Å². The van der Waals surface area contributed by atoms with Crippen molar-refractivity contribution in [3.63, 3.8) is 0 Å². The van der Waals surface area contributed by atoms with E-state index in [0.29, 0.717) is 0 Å². The molecule has 1 N–H and O–H groups in total. The number of aliphatic carboxylic acids is 1. The molecule has 6 nitrogen and oxygen atoms in total. The minimum absolute atomic E-state index is 0.0332. The van der Waals surface area contributed by atoms with E-state index < -0.39 is 24.4 Å². The third-order valence-corrected chi connectivity index (χ3v) is 1.59. The number of carbonyl (C=O) groups excluding carboxylic acids is 2. The van der Waals surface area contributed by atoms with Gasteiger partial charge in [-0.05, 0) is 0 Å². The quantitative estimate of drug-likeness (QED) is 0.454. The van der Waals surface area contributed by atoms with Gasteiger partial charge in [-0.2, -0.15) is 0 Å². The average Bonchev–Trinajstić information content (AvgIpc) is 2.42. The standard InChI is InChI=1S/C8H9NO5/c10-6-1-2-7(11)9(6)3-4-14-5-8(12)13/h1-2H,3-5H2,(H,12,13). The van der Waals surface area contributed by atoms with Gasteiger partial charge >= 0.3 is 5.97 Å². The lowest BCUT2D eigenvalue weighted by molar-refractivity contribution is -0.142. The average molecular weight is 199 g/mol. The first-order valence-corrected chi connectivity index (χ1v) is 3.94. The summed E-state index contributed by atoms with van der Waals surface area (Å²) < 4.78 is 4.68. The van der Waals surface area contributed by atoms with Crippen molar-refractivity contribution >= 4 is 17.8 Å². The smallest absolute Gasteiger partial charge is 0.329 e. The lowest BCUT2D eigenvalue weighted by atomic mass is 10.5. The maximum absolute atomic E-state index is 11.0. The number of carboxylic acid groups (broad SMARTS) is 1. The van der Waals surface area contributed by atoms with Crippen LogP contribution in [0.15, 0.2) is 12.2 Å². The maximum atomic E-state index is 11.0. The van der Waals surface area contributed by atoms with Crippen molar-refractivity contribution in [2.75, 3.05) is 19.8 Å². The molecule has 14 heavy (non-hydrogen) atoms. The van der Waals surface area contributed by atoms with Gasteiger partial charge in [0.25, 0.3) is 11.8 Å². The summed E-state index contributed by atoms with van der Waals surface area (Å²) in [6, 6.07) is 0. The van der Waals surface area contributed by atoms with Gasteiger partial charge < -0.3 is 9.84 Å². The Morgan fingerprint density at radius 2 is 1.93 bits per heavy atom. The summed E-state index contributed by atoms with van der Waals surface area (Å²) in [5, 5.41) is 8.22. The first kappa shape index (κ1) is 10.4. The van der Waals surface area contributed by atoms with Crippen molar-refractivity contribution < 1.29 is 24.2 Å². The normalized spacial score (nSPS) is 15.3. The topological polar surface area (TPSA) is 83.9 Å². The zero-order valence-electron chi connectivity index (χ0n) is 7.30. The Bertz CT molecular complexity index is 278. The van der Waals surface area contributed by atoms with Crippen LogP contribution in [0.2, 0.25) is 0 Å². The predicted octanol–water partition coefficient (Wildman–Crippen LogP) is -0.987. The first-order valence-electron chi connectivity index (χ1n) is 3.94. The fourth-order valence-electron chi connectivity index (χ4n) is 0.967. The fourth-order valence-corrected chi connectivity index (χ4v) is 0.967. The van der Waals surface area contributed by atoms with Crippen molar-refractivity contribution in [3.05, 3.63) is 12.2 Å². The second-order valence-electron chi connectivity index (χ2n) is 2.61. The molecule has 0 atom stereocenters. The zero-order valence-corrected chi connectivity index (χ0v) is 7.30. The van der Waals surface area contributed by atoms with E-state index in [1.165, 1.54) is 12.2 Å². The Balaban J connectivity index is 2.22. The minimum atomic E-state index is -1.08. The van der Waals surface area contributed by atoms with Crippen molar-refractivity contribution in [2.45, 2.75) is 0 Å². The Morgan fingerprint density at radius 1 is 1.36 bits per heavy atom. The van der Waals surface area contributed by atoms with E-state index in [-0.39, 0.29) is 13.2 Å². The number of nitrogens with zero attached hydrogens (tertiary/aromatic N) is 1. The summed E-state index contributed by atoms with van der Waals surface area (Å²) in [6.07, 6.45) is 2.33. The SMILES string of the molecule is O=C(O)COCCN1C(=O)C=CC1=O. The summed E-state index contributed by atoms with van der Waals surface area (Å²) in [6.45, 7) is -0.312. The monoisotopic (exact) mass is 199 g/mol. The van der Waals surface area contributed by atoms with Gasteiger partial charge in [-0.15, -0.1) is 0 Å². The van der Waals surface area contributed by atoms with E-state index in [9.17, 15) is 14.4 Å². The summed E-state index contributed by atoms with van der Waals surface area (Å²) in [7, 11) is 0. The summed E-state index contributed by atoms with van der Waals surface area (Å²) in [5.74, 6) is -1.87. The molecule has 1 rings (SSSR count). The Morgan fingerprint density at radius 3 is 2.43 bits per heavy atom. The van der Waals surface area contributed by atoms with Crippen molar-refractivity contribution in [3.8, 4) is 0 Å². The number of rotatable bonds is 5. The van der Waals surface area contributed by atoms with Crippen LogP contribution in [0.1, 0.15) is 0 Å². The molecule has 0 bridgehead atoms. The highest BCUT2D eigenvalue weighted by Crippen LogP contribution is 2.02. The molecule has 6 heteroatoms. The van der Waals surface area contributed by atoms with Gasteiger partial charge in [-0.25, -0.2) is 4.79 Å². The number of carboxylic acids is 1. The van der Waals surface area contributed by atoms with Crippen molar-refractivity contribution in [1.82, 2.24) is 4.90 Å². The molecule has 0 aliphatic carbocycles. The van der Waals surface area contributed by atoms with E-state index in [4.69, 9.17) is 5.11 Å². The highest BCUT2D eigenvalue weighted by atomic mass is 16.5. The first-order chi connectivity index (χ1) is 6.61. The fraction of sp³-hybridized carbons (Fsp3) is 0.375. The van der Waals surface area contributed by atoms with E-state index in [2.05, 4.69) is 4.74 Å². The molecule has 1 heterocycles. The molecule has 1 aliphatic rings. The molecular weight excluding hydrogens is 190 g/mol. The third-order valence-electron chi connectivity index (χ3n) is 1.59. The molecule has 0 saturated carbocycles. The van der Waals surface area contributed by atoms with Gasteiger partial charge in [0.05, 0.1) is 13.2 Å². The predicted molar refractivity (Wildman–Crippen MR) is 44.3 cm³/mol. The molecule has 0 aromatic heterocycles. The lowest BCUT2D eigenvalue weighted by Crippen LogP contribution is -2.33. The molecule has 76 valence electrons. The van der Waals surface area contributed by atoms with Crippen LogP contribution in [-0.4, -0.2) is 47.5 Å². The molecule has 0 spiro atoms. The number of carbonyl (C=O) groups is 3. The summed E-state index contributed by atoms with van der Waals surface area (Å²) in [5.41, 5.74) is 0. The number of hydrogen-bond acceptors (Lipinski definition) is 4. The number of ether oxygens (including phenoxy) is 1. The molecule has 1 aliphatic heterocycles. The number of imide groups is 1. The maximum Gasteiger partial charge on any atom is 0.329 e. The van der Waals surface area contributed by atoms with Crippen LogP contribution in [-0.2, 0) is 19.1 Å². The highest BCUT2D eigenvalue weighted by molar-refractivity contribution is 6.12. The van der Waals surface area contributed by atoms with Crippen molar-refractivity contribution in [1.29, 1.82) is 0 Å².